The summed E-state index contributed by atoms with van der Waals surface area (Å²) in [7, 11) is 0. The quantitative estimate of drug-likeness (QED) is 0.373. The van der Waals surface area contributed by atoms with E-state index >= 15 is 0 Å². The van der Waals surface area contributed by atoms with Crippen LogP contribution in [0.5, 0.6) is 6.01 Å². The summed E-state index contributed by atoms with van der Waals surface area (Å²) in [4.78, 5) is 15.6. The number of benzene rings is 1. The molecule has 3 aromatic rings. The molecule has 12 heteroatoms. The van der Waals surface area contributed by atoms with Gasteiger partial charge in [-0.25, -0.2) is 4.98 Å². The molecule has 2 aliphatic heterocycles. The average molecular weight is 550 g/mol. The standard InChI is InChI=1S/C26H27ClF3N5O3/c27-21-2-1-10-31-24(21)35-11-7-20-22(16-35)33-25(38-15-14-37-19-8-12-36-13-9-19)34-23(20)32-18-5-3-17(4-6-18)26(28,29)30/h1-6,10,19H,7-9,11-16H2,(H,32,33,34). The van der Waals surface area contributed by atoms with Crippen LogP contribution in [0.3, 0.4) is 0 Å². The molecule has 0 spiro atoms. The number of anilines is 3. The van der Waals surface area contributed by atoms with Crippen LogP contribution in [0.25, 0.3) is 0 Å². The van der Waals surface area contributed by atoms with Gasteiger partial charge in [-0.3, -0.25) is 0 Å². The van der Waals surface area contributed by atoms with E-state index in [1.165, 1.54) is 12.1 Å². The molecule has 0 radical (unpaired) electrons. The number of rotatable bonds is 8. The van der Waals surface area contributed by atoms with Crippen LogP contribution in [-0.2, 0) is 28.6 Å². The van der Waals surface area contributed by atoms with Gasteiger partial charge in [0.1, 0.15) is 18.2 Å². The molecule has 2 aromatic heterocycles. The number of hydrogen-bond donors (Lipinski definition) is 1. The number of alkyl halides is 3. The van der Waals surface area contributed by atoms with E-state index in [2.05, 4.69) is 20.3 Å². The van der Waals surface area contributed by atoms with Crippen molar-refractivity contribution in [3.05, 3.63) is 64.4 Å². The van der Waals surface area contributed by atoms with Gasteiger partial charge >= 0.3 is 12.2 Å². The highest BCUT2D eigenvalue weighted by Gasteiger charge is 2.30. The Bertz CT molecular complexity index is 1240. The van der Waals surface area contributed by atoms with E-state index in [0.717, 1.165) is 36.2 Å². The number of aromatic nitrogens is 3. The maximum Gasteiger partial charge on any atom is 0.416 e. The van der Waals surface area contributed by atoms with Crippen molar-refractivity contribution in [1.82, 2.24) is 15.0 Å². The topological polar surface area (TPSA) is 81.6 Å². The molecule has 5 rings (SSSR count). The lowest BCUT2D eigenvalue weighted by Crippen LogP contribution is -2.33. The van der Waals surface area contributed by atoms with Gasteiger partial charge in [0, 0.05) is 37.2 Å². The maximum atomic E-state index is 13.0. The molecule has 202 valence electrons. The van der Waals surface area contributed by atoms with Crippen LogP contribution in [0, 0.1) is 0 Å². The third-order valence-electron chi connectivity index (χ3n) is 6.39. The van der Waals surface area contributed by atoms with Crippen molar-refractivity contribution in [3.63, 3.8) is 0 Å². The lowest BCUT2D eigenvalue weighted by Gasteiger charge is -2.30. The van der Waals surface area contributed by atoms with Crippen molar-refractivity contribution in [1.29, 1.82) is 0 Å². The van der Waals surface area contributed by atoms with Crippen LogP contribution in [-0.4, -0.2) is 54.0 Å². The molecule has 0 unspecified atom stereocenters. The van der Waals surface area contributed by atoms with Gasteiger partial charge in [0.05, 0.1) is 35.5 Å². The Morgan fingerprint density at radius 2 is 1.87 bits per heavy atom. The van der Waals surface area contributed by atoms with Gasteiger partial charge < -0.3 is 24.4 Å². The fourth-order valence-electron chi connectivity index (χ4n) is 4.44. The molecule has 4 heterocycles. The Hall–Kier alpha value is -3.15. The average Bonchev–Trinajstić information content (AvgIpc) is 2.91. The van der Waals surface area contributed by atoms with Crippen LogP contribution in [0.2, 0.25) is 5.02 Å². The van der Waals surface area contributed by atoms with Gasteiger partial charge in [0.2, 0.25) is 0 Å². The highest BCUT2D eigenvalue weighted by molar-refractivity contribution is 6.32. The van der Waals surface area contributed by atoms with Crippen LogP contribution < -0.4 is 15.0 Å². The minimum Gasteiger partial charge on any atom is -0.461 e. The lowest BCUT2D eigenvalue weighted by molar-refractivity contribution is -0.137. The summed E-state index contributed by atoms with van der Waals surface area (Å²) in [5, 5.41) is 3.69. The van der Waals surface area contributed by atoms with Gasteiger partial charge in [-0.15, -0.1) is 0 Å². The molecule has 0 amide bonds. The van der Waals surface area contributed by atoms with Crippen molar-refractivity contribution >= 4 is 28.9 Å². The van der Waals surface area contributed by atoms with Crippen molar-refractivity contribution in [2.45, 2.75) is 38.1 Å². The van der Waals surface area contributed by atoms with E-state index in [1.54, 1.807) is 18.3 Å². The summed E-state index contributed by atoms with van der Waals surface area (Å²) in [5.41, 5.74) is 1.34. The van der Waals surface area contributed by atoms with Crippen LogP contribution >= 0.6 is 11.6 Å². The fourth-order valence-corrected chi connectivity index (χ4v) is 4.68. The Morgan fingerprint density at radius 1 is 1.08 bits per heavy atom. The molecule has 1 N–H and O–H groups in total. The zero-order valence-corrected chi connectivity index (χ0v) is 21.3. The van der Waals surface area contributed by atoms with Crippen LogP contribution in [0.1, 0.15) is 29.7 Å². The minimum absolute atomic E-state index is 0.144. The molecule has 8 nitrogen and oxygen atoms in total. The Kier molecular flexibility index (Phi) is 8.15. The molecular weight excluding hydrogens is 523 g/mol. The zero-order chi connectivity index (χ0) is 26.5. The minimum atomic E-state index is -4.41. The number of pyridine rings is 1. The molecule has 1 aromatic carbocycles. The third-order valence-corrected chi connectivity index (χ3v) is 6.69. The molecule has 1 fully saturated rings. The largest absolute Gasteiger partial charge is 0.461 e. The van der Waals surface area contributed by atoms with Gasteiger partial charge in [0.25, 0.3) is 0 Å². The Balaban J connectivity index is 1.35. The number of fused-ring (bicyclic) bond motifs is 1. The SMILES string of the molecule is FC(F)(F)c1ccc(Nc2nc(OCCOC3CCOCC3)nc3c2CCN(c2ncccc2Cl)C3)cc1. The Labute approximate surface area is 223 Å². The first-order chi connectivity index (χ1) is 18.4. The number of nitrogens with zero attached hydrogens (tertiary/aromatic N) is 4. The second kappa shape index (κ2) is 11.7. The zero-order valence-electron chi connectivity index (χ0n) is 20.5. The molecule has 0 aliphatic carbocycles. The van der Waals surface area contributed by atoms with Gasteiger partial charge in [-0.05, 0) is 55.7 Å². The monoisotopic (exact) mass is 549 g/mol. The molecular formula is C26H27ClF3N5O3. The molecule has 1 saturated heterocycles. The van der Waals surface area contributed by atoms with E-state index in [1.807, 2.05) is 4.90 Å². The second-order valence-corrected chi connectivity index (χ2v) is 9.40. The van der Waals surface area contributed by atoms with Crippen molar-refractivity contribution in [3.8, 4) is 6.01 Å². The molecule has 0 bridgehead atoms. The molecule has 38 heavy (non-hydrogen) atoms. The highest BCUT2D eigenvalue weighted by atomic mass is 35.5. The Morgan fingerprint density at radius 3 is 2.61 bits per heavy atom. The third kappa shape index (κ3) is 6.46. The van der Waals surface area contributed by atoms with Crippen LogP contribution in [0.4, 0.5) is 30.5 Å². The number of nitrogens with one attached hydrogen (secondary N) is 1. The molecule has 2 aliphatic rings. The first-order valence-electron chi connectivity index (χ1n) is 12.4. The smallest absolute Gasteiger partial charge is 0.416 e. The predicted molar refractivity (Wildman–Crippen MR) is 136 cm³/mol. The van der Waals surface area contributed by atoms with E-state index in [4.69, 9.17) is 25.8 Å². The molecule has 0 atom stereocenters. The van der Waals surface area contributed by atoms with E-state index in [0.29, 0.717) is 61.7 Å². The second-order valence-electron chi connectivity index (χ2n) is 8.99. The summed E-state index contributed by atoms with van der Waals surface area (Å²) in [5.74, 6) is 1.14. The van der Waals surface area contributed by atoms with Crippen molar-refractivity contribution in [2.24, 2.45) is 0 Å². The van der Waals surface area contributed by atoms with Gasteiger partial charge in [-0.2, -0.15) is 23.1 Å². The summed E-state index contributed by atoms with van der Waals surface area (Å²) in [6.07, 6.45) is -0.299. The number of ether oxygens (including phenoxy) is 3. The highest BCUT2D eigenvalue weighted by Crippen LogP contribution is 2.33. The first kappa shape index (κ1) is 26.5. The van der Waals surface area contributed by atoms with Crippen LogP contribution in [0.15, 0.2) is 42.6 Å². The van der Waals surface area contributed by atoms with E-state index in [-0.39, 0.29) is 18.7 Å². The van der Waals surface area contributed by atoms with E-state index in [9.17, 15) is 13.2 Å². The van der Waals surface area contributed by atoms with Crippen molar-refractivity contribution < 1.29 is 27.4 Å². The number of hydrogen-bond acceptors (Lipinski definition) is 8. The van der Waals surface area contributed by atoms with Gasteiger partial charge in [0.15, 0.2) is 0 Å². The summed E-state index contributed by atoms with van der Waals surface area (Å²) >= 11 is 6.37. The normalized spacial score (nSPS) is 16.3. The summed E-state index contributed by atoms with van der Waals surface area (Å²) < 4.78 is 56.1. The lowest BCUT2D eigenvalue weighted by atomic mass is 10.1. The maximum absolute atomic E-state index is 13.0. The van der Waals surface area contributed by atoms with E-state index < -0.39 is 11.7 Å². The first-order valence-corrected chi connectivity index (χ1v) is 12.8. The molecule has 0 saturated carbocycles. The summed E-state index contributed by atoms with van der Waals surface area (Å²) in [6.45, 7) is 3.05. The number of halogens is 4. The van der Waals surface area contributed by atoms with Gasteiger partial charge in [-0.1, -0.05) is 11.6 Å². The van der Waals surface area contributed by atoms with Crippen molar-refractivity contribution in [2.75, 3.05) is 43.2 Å². The predicted octanol–water partition coefficient (Wildman–Crippen LogP) is 5.42. The fraction of sp³-hybridized carbons (Fsp3) is 0.423. The summed E-state index contributed by atoms with van der Waals surface area (Å²) in [6, 6.07) is 8.53.